The fourth-order valence-electron chi connectivity index (χ4n) is 2.01. The van der Waals surface area contributed by atoms with Gasteiger partial charge in [0.1, 0.15) is 6.10 Å². The number of hydrogen-bond donors (Lipinski definition) is 2. The summed E-state index contributed by atoms with van der Waals surface area (Å²) in [5, 5.41) is 5.82. The molecular formula is C17H18ClN3O3. The van der Waals surface area contributed by atoms with Crippen molar-refractivity contribution < 1.29 is 14.3 Å². The zero-order valence-electron chi connectivity index (χ0n) is 13.4. The molecule has 0 spiro atoms. The molecule has 0 saturated carbocycles. The largest absolute Gasteiger partial charge is 0.369 e. The van der Waals surface area contributed by atoms with Crippen molar-refractivity contribution in [3.05, 3.63) is 53.3 Å². The number of pyridine rings is 1. The van der Waals surface area contributed by atoms with Crippen molar-refractivity contribution in [1.29, 1.82) is 0 Å². The predicted molar refractivity (Wildman–Crippen MR) is 93.4 cm³/mol. The number of rotatable bonds is 6. The summed E-state index contributed by atoms with van der Waals surface area (Å²) in [6.07, 6.45) is 2.52. The maximum absolute atomic E-state index is 12.5. The lowest BCUT2D eigenvalue weighted by Gasteiger charge is -2.15. The lowest BCUT2D eigenvalue weighted by molar-refractivity contribution is -0.126. The molecule has 1 atom stereocenters. The summed E-state index contributed by atoms with van der Waals surface area (Å²) < 4.78 is 5.25. The molecule has 7 heteroatoms. The van der Waals surface area contributed by atoms with E-state index in [9.17, 15) is 9.59 Å². The van der Waals surface area contributed by atoms with E-state index in [1.54, 1.807) is 50.5 Å². The highest BCUT2D eigenvalue weighted by molar-refractivity contribution is 6.31. The average Bonchev–Trinajstić information content (AvgIpc) is 2.57. The van der Waals surface area contributed by atoms with Gasteiger partial charge in [-0.2, -0.15) is 0 Å². The maximum atomic E-state index is 12.5. The Bertz CT molecular complexity index is 722. The molecule has 6 nitrogen and oxygen atoms in total. The highest BCUT2D eigenvalue weighted by Gasteiger charge is 2.18. The normalized spacial score (nSPS) is 11.6. The molecular weight excluding hydrogens is 330 g/mol. The number of nitrogens with one attached hydrogen (secondary N) is 2. The zero-order valence-corrected chi connectivity index (χ0v) is 14.1. The minimum Gasteiger partial charge on any atom is -0.369 e. The number of amides is 2. The Morgan fingerprint density at radius 2 is 1.92 bits per heavy atom. The number of aromatic nitrogens is 1. The molecule has 1 heterocycles. The molecule has 0 fully saturated rings. The van der Waals surface area contributed by atoms with Crippen molar-refractivity contribution in [2.45, 2.75) is 20.0 Å². The summed E-state index contributed by atoms with van der Waals surface area (Å²) in [6, 6.07) is 8.01. The lowest BCUT2D eigenvalue weighted by Crippen LogP contribution is -2.28. The summed E-state index contributed by atoms with van der Waals surface area (Å²) in [5.74, 6) is -0.722. The number of nitrogens with zero attached hydrogens (tertiary/aromatic N) is 1. The molecule has 0 bridgehead atoms. The molecule has 2 amide bonds. The molecule has 0 unspecified atom stereocenters. The molecule has 1 aromatic heterocycles. The van der Waals surface area contributed by atoms with Gasteiger partial charge in [-0.3, -0.25) is 14.6 Å². The van der Waals surface area contributed by atoms with Crippen LogP contribution in [0.25, 0.3) is 0 Å². The van der Waals surface area contributed by atoms with Gasteiger partial charge in [-0.05, 0) is 44.2 Å². The number of carbonyl (C=O) groups excluding carboxylic acids is 2. The minimum atomic E-state index is -0.623. The first kappa shape index (κ1) is 17.9. The third-order valence-electron chi connectivity index (χ3n) is 3.21. The highest BCUT2D eigenvalue weighted by Crippen LogP contribution is 2.22. The molecule has 1 aromatic carbocycles. The van der Waals surface area contributed by atoms with Gasteiger partial charge in [0.15, 0.2) is 0 Å². The first-order valence-electron chi connectivity index (χ1n) is 7.44. The Hall–Kier alpha value is -2.44. The van der Waals surface area contributed by atoms with Crippen molar-refractivity contribution in [2.24, 2.45) is 0 Å². The molecule has 0 aliphatic carbocycles. The van der Waals surface area contributed by atoms with Crippen molar-refractivity contribution in [3.63, 3.8) is 0 Å². The van der Waals surface area contributed by atoms with Gasteiger partial charge in [-0.25, -0.2) is 0 Å². The van der Waals surface area contributed by atoms with Crippen LogP contribution in [0.4, 0.5) is 11.4 Å². The van der Waals surface area contributed by atoms with Gasteiger partial charge >= 0.3 is 0 Å². The second-order valence-electron chi connectivity index (χ2n) is 4.97. The van der Waals surface area contributed by atoms with Crippen LogP contribution in [0.3, 0.4) is 0 Å². The van der Waals surface area contributed by atoms with E-state index in [0.717, 1.165) is 0 Å². The monoisotopic (exact) mass is 347 g/mol. The predicted octanol–water partition coefficient (Wildman–Crippen LogP) is 3.35. The van der Waals surface area contributed by atoms with Crippen LogP contribution < -0.4 is 10.6 Å². The lowest BCUT2D eigenvalue weighted by atomic mass is 10.1. The Balaban J connectivity index is 2.21. The third-order valence-corrected chi connectivity index (χ3v) is 3.44. The fraction of sp³-hybridized carbons (Fsp3) is 0.235. The quantitative estimate of drug-likeness (QED) is 0.839. The molecule has 2 aromatic rings. The molecule has 0 radical (unpaired) electrons. The second kappa shape index (κ2) is 8.42. The highest BCUT2D eigenvalue weighted by atomic mass is 35.5. The standard InChI is InChI=1S/C17H18ClN3O3/c1-3-24-11(2)16(22)21-15-5-4-12(18)10-14(15)17(23)20-13-6-8-19-9-7-13/h4-11H,3H2,1-2H3,(H,21,22)(H,19,20,23)/t11-/m1/s1. The Morgan fingerprint density at radius 3 is 2.58 bits per heavy atom. The first-order chi connectivity index (χ1) is 11.5. The number of anilines is 2. The molecule has 0 saturated heterocycles. The van der Waals surface area contributed by atoms with Gasteiger partial charge in [-0.1, -0.05) is 11.6 Å². The summed E-state index contributed by atoms with van der Waals surface area (Å²) in [5.41, 5.74) is 1.22. The van der Waals surface area contributed by atoms with Gasteiger partial charge in [0.2, 0.25) is 0 Å². The van der Waals surface area contributed by atoms with Crippen molar-refractivity contribution in [3.8, 4) is 0 Å². The Morgan fingerprint density at radius 1 is 1.21 bits per heavy atom. The van der Waals surface area contributed by atoms with Gasteiger partial charge in [0.25, 0.3) is 11.8 Å². The van der Waals surface area contributed by atoms with Crippen molar-refractivity contribution in [2.75, 3.05) is 17.2 Å². The maximum Gasteiger partial charge on any atom is 0.257 e. The summed E-state index contributed by atoms with van der Waals surface area (Å²) in [7, 11) is 0. The Kier molecular flexibility index (Phi) is 6.28. The zero-order chi connectivity index (χ0) is 17.5. The number of carbonyl (C=O) groups is 2. The minimum absolute atomic E-state index is 0.261. The first-order valence-corrected chi connectivity index (χ1v) is 7.82. The van der Waals surface area contributed by atoms with Gasteiger partial charge in [-0.15, -0.1) is 0 Å². The summed E-state index contributed by atoms with van der Waals surface area (Å²) >= 11 is 5.99. The molecule has 0 aliphatic rings. The molecule has 126 valence electrons. The van der Waals surface area contributed by atoms with Gasteiger partial charge in [0, 0.05) is 29.7 Å². The second-order valence-corrected chi connectivity index (χ2v) is 5.40. The van der Waals surface area contributed by atoms with Crippen LogP contribution in [-0.2, 0) is 9.53 Å². The van der Waals surface area contributed by atoms with E-state index in [4.69, 9.17) is 16.3 Å². The average molecular weight is 348 g/mol. The van der Waals surface area contributed by atoms with E-state index in [0.29, 0.717) is 23.0 Å². The number of halogens is 1. The molecule has 24 heavy (non-hydrogen) atoms. The van der Waals surface area contributed by atoms with Crippen LogP contribution in [0.15, 0.2) is 42.7 Å². The van der Waals surface area contributed by atoms with E-state index in [1.165, 1.54) is 6.07 Å². The van der Waals surface area contributed by atoms with E-state index in [1.807, 2.05) is 0 Å². The van der Waals surface area contributed by atoms with Crippen LogP contribution in [-0.4, -0.2) is 29.5 Å². The van der Waals surface area contributed by atoms with Crippen molar-refractivity contribution in [1.82, 2.24) is 4.98 Å². The molecule has 2 rings (SSSR count). The fourth-order valence-corrected chi connectivity index (χ4v) is 2.18. The van der Waals surface area contributed by atoms with Crippen LogP contribution in [0.2, 0.25) is 5.02 Å². The van der Waals surface area contributed by atoms with Crippen LogP contribution in [0, 0.1) is 0 Å². The van der Waals surface area contributed by atoms with E-state index >= 15 is 0 Å². The van der Waals surface area contributed by atoms with Crippen LogP contribution >= 0.6 is 11.6 Å². The molecule has 0 aliphatic heterocycles. The van der Waals surface area contributed by atoms with Gasteiger partial charge < -0.3 is 15.4 Å². The van der Waals surface area contributed by atoms with Crippen LogP contribution in [0.5, 0.6) is 0 Å². The number of hydrogen-bond acceptors (Lipinski definition) is 4. The van der Waals surface area contributed by atoms with E-state index in [2.05, 4.69) is 15.6 Å². The van der Waals surface area contributed by atoms with Crippen molar-refractivity contribution >= 4 is 34.8 Å². The molecule has 2 N–H and O–H groups in total. The van der Waals surface area contributed by atoms with Gasteiger partial charge in [0.05, 0.1) is 11.3 Å². The van der Waals surface area contributed by atoms with E-state index < -0.39 is 6.10 Å². The summed E-state index contributed by atoms with van der Waals surface area (Å²) in [4.78, 5) is 28.5. The Labute approximate surface area is 145 Å². The summed E-state index contributed by atoms with van der Waals surface area (Å²) in [6.45, 7) is 3.87. The number of ether oxygens (including phenoxy) is 1. The third kappa shape index (κ3) is 4.78. The smallest absolute Gasteiger partial charge is 0.257 e. The topological polar surface area (TPSA) is 80.3 Å². The number of benzene rings is 1. The van der Waals surface area contributed by atoms with E-state index in [-0.39, 0.29) is 17.4 Å². The SMILES string of the molecule is CCO[C@H](C)C(=O)Nc1ccc(Cl)cc1C(=O)Nc1ccncc1. The van der Waals surface area contributed by atoms with Crippen LogP contribution in [0.1, 0.15) is 24.2 Å².